The second-order valence-corrected chi connectivity index (χ2v) is 23.8. The Morgan fingerprint density at radius 3 is 0.747 bits per heavy atom. The molecular formula is C77H134O6. The van der Waals surface area contributed by atoms with Crippen LogP contribution in [0.15, 0.2) is 97.2 Å². The molecule has 6 heteroatoms. The first-order valence-electron chi connectivity index (χ1n) is 35.7. The highest BCUT2D eigenvalue weighted by atomic mass is 16.6. The third-order valence-electron chi connectivity index (χ3n) is 15.5. The number of hydrogen-bond donors (Lipinski definition) is 0. The lowest BCUT2D eigenvalue weighted by Gasteiger charge is -2.18. The first-order valence-corrected chi connectivity index (χ1v) is 35.7. The van der Waals surface area contributed by atoms with Crippen LogP contribution < -0.4 is 0 Å². The average Bonchev–Trinajstić information content (AvgIpc) is 3.49. The monoisotopic (exact) mass is 1160 g/mol. The molecule has 83 heavy (non-hydrogen) atoms. The predicted molar refractivity (Wildman–Crippen MR) is 362 cm³/mol. The van der Waals surface area contributed by atoms with Crippen LogP contribution in [0.5, 0.6) is 0 Å². The molecule has 0 aliphatic rings. The summed E-state index contributed by atoms with van der Waals surface area (Å²) in [5.74, 6) is -0.905. The van der Waals surface area contributed by atoms with Crippen molar-refractivity contribution in [2.45, 2.75) is 361 Å². The summed E-state index contributed by atoms with van der Waals surface area (Å²) in [7, 11) is 0. The molecule has 0 heterocycles. The van der Waals surface area contributed by atoms with Gasteiger partial charge in [-0.25, -0.2) is 0 Å². The van der Waals surface area contributed by atoms with E-state index in [1.54, 1.807) is 0 Å². The van der Waals surface area contributed by atoms with E-state index in [4.69, 9.17) is 14.2 Å². The molecule has 6 nitrogen and oxygen atoms in total. The second kappa shape index (κ2) is 70.8. The van der Waals surface area contributed by atoms with E-state index in [1.807, 2.05) is 0 Å². The van der Waals surface area contributed by atoms with Gasteiger partial charge in [0.2, 0.25) is 0 Å². The van der Waals surface area contributed by atoms with Crippen LogP contribution in [0, 0.1) is 0 Å². The van der Waals surface area contributed by atoms with Crippen LogP contribution in [0.1, 0.15) is 355 Å². The lowest BCUT2D eigenvalue weighted by molar-refractivity contribution is -0.167. The molecule has 0 fully saturated rings. The van der Waals surface area contributed by atoms with Crippen molar-refractivity contribution in [3.8, 4) is 0 Å². The average molecular weight is 1160 g/mol. The highest BCUT2D eigenvalue weighted by Gasteiger charge is 2.19. The minimum absolute atomic E-state index is 0.0876. The molecule has 0 saturated heterocycles. The van der Waals surface area contributed by atoms with Crippen molar-refractivity contribution in [3.05, 3.63) is 97.2 Å². The van der Waals surface area contributed by atoms with Crippen LogP contribution >= 0.6 is 0 Å². The predicted octanol–water partition coefficient (Wildman–Crippen LogP) is 24.8. The maximum atomic E-state index is 12.9. The number of carbonyl (C=O) groups is 3. The maximum Gasteiger partial charge on any atom is 0.306 e. The Balaban J connectivity index is 4.22. The summed E-state index contributed by atoms with van der Waals surface area (Å²) >= 11 is 0. The molecule has 0 rings (SSSR count). The van der Waals surface area contributed by atoms with E-state index in [0.29, 0.717) is 19.3 Å². The van der Waals surface area contributed by atoms with Gasteiger partial charge in [0.15, 0.2) is 6.10 Å². The Bertz CT molecular complexity index is 1610. The van der Waals surface area contributed by atoms with E-state index >= 15 is 0 Å². The smallest absolute Gasteiger partial charge is 0.306 e. The van der Waals surface area contributed by atoms with E-state index < -0.39 is 6.10 Å². The summed E-state index contributed by atoms with van der Waals surface area (Å²) in [5.41, 5.74) is 0. The van der Waals surface area contributed by atoms with Crippen molar-refractivity contribution in [2.24, 2.45) is 0 Å². The van der Waals surface area contributed by atoms with Crippen molar-refractivity contribution < 1.29 is 28.6 Å². The number of allylic oxidation sites excluding steroid dienone is 16. The van der Waals surface area contributed by atoms with Gasteiger partial charge in [-0.05, 0) is 122 Å². The summed E-state index contributed by atoms with van der Waals surface area (Å²) in [4.78, 5) is 38.4. The molecule has 0 amide bonds. The summed E-state index contributed by atoms with van der Waals surface area (Å²) in [5, 5.41) is 0. The van der Waals surface area contributed by atoms with Gasteiger partial charge in [-0.2, -0.15) is 0 Å². The molecule has 1 unspecified atom stereocenters. The molecule has 0 radical (unpaired) electrons. The first kappa shape index (κ1) is 79.3. The van der Waals surface area contributed by atoms with Gasteiger partial charge in [0.1, 0.15) is 13.2 Å². The fourth-order valence-electron chi connectivity index (χ4n) is 10.2. The zero-order valence-electron chi connectivity index (χ0n) is 54.9. The summed E-state index contributed by atoms with van der Waals surface area (Å²) in [6.45, 7) is 6.52. The standard InChI is InChI=1S/C77H134O6/c1-4-7-10-13-16-19-22-25-28-30-31-32-33-34-35-36-37-38-39-40-41-42-43-44-45-47-49-52-55-58-61-64-67-70-76(79)82-73-74(72-81-75(78)69-66-63-60-57-54-51-48-27-24-21-18-15-12-9-6-3)83-77(80)71-68-65-62-59-56-53-50-46-29-26-23-20-17-14-11-8-5-2/h8,11,17,20,22,25-27,29-31,33-34,48,50,53,74H,4-7,9-10,12-16,18-19,21,23-24,28,32,35-47,49,51-52,54-73H2,1-3H3/b11-8-,20-17-,25-22-,29-26-,31-30-,34-33-,48-27-,53-50-. The lowest BCUT2D eigenvalue weighted by Crippen LogP contribution is -2.30. The van der Waals surface area contributed by atoms with Gasteiger partial charge >= 0.3 is 17.9 Å². The van der Waals surface area contributed by atoms with Gasteiger partial charge in [0.05, 0.1) is 0 Å². The number of carbonyl (C=O) groups excluding carboxylic acids is 3. The van der Waals surface area contributed by atoms with Crippen LogP contribution in [-0.2, 0) is 28.6 Å². The molecule has 1 atom stereocenters. The number of esters is 3. The van der Waals surface area contributed by atoms with E-state index in [9.17, 15) is 14.4 Å². The molecule has 0 aromatic carbocycles. The number of ether oxygens (including phenoxy) is 3. The van der Waals surface area contributed by atoms with E-state index in [0.717, 1.165) is 116 Å². The Morgan fingerprint density at radius 1 is 0.253 bits per heavy atom. The van der Waals surface area contributed by atoms with E-state index in [-0.39, 0.29) is 31.1 Å². The second-order valence-electron chi connectivity index (χ2n) is 23.8. The van der Waals surface area contributed by atoms with Gasteiger partial charge in [-0.1, -0.05) is 311 Å². The highest BCUT2D eigenvalue weighted by Crippen LogP contribution is 2.17. The Morgan fingerprint density at radius 2 is 0.470 bits per heavy atom. The van der Waals surface area contributed by atoms with Crippen molar-refractivity contribution >= 4 is 17.9 Å². The quantitative estimate of drug-likeness (QED) is 0.0261. The topological polar surface area (TPSA) is 78.9 Å². The van der Waals surface area contributed by atoms with Crippen LogP contribution in [0.25, 0.3) is 0 Å². The molecule has 0 N–H and O–H groups in total. The normalized spacial score (nSPS) is 12.7. The zero-order valence-corrected chi connectivity index (χ0v) is 54.9. The van der Waals surface area contributed by atoms with Crippen LogP contribution in [0.3, 0.4) is 0 Å². The summed E-state index contributed by atoms with van der Waals surface area (Å²) in [6, 6.07) is 0. The van der Waals surface area contributed by atoms with Gasteiger partial charge in [0, 0.05) is 19.3 Å². The molecule has 0 aromatic heterocycles. The Kier molecular flexibility index (Phi) is 67.7. The first-order chi connectivity index (χ1) is 41.0. The van der Waals surface area contributed by atoms with E-state index in [1.165, 1.54) is 199 Å². The van der Waals surface area contributed by atoms with Gasteiger partial charge in [-0.3, -0.25) is 14.4 Å². The van der Waals surface area contributed by atoms with Crippen LogP contribution in [0.4, 0.5) is 0 Å². The lowest BCUT2D eigenvalue weighted by atomic mass is 10.0. The third-order valence-corrected chi connectivity index (χ3v) is 15.5. The SMILES string of the molecule is CC/C=C\C/C=C\C/C=C\C/C=C\CCCCCCC(=O)OC(COC(=O)CCCCCCC/C=C\CCCCCCCC)COC(=O)CCCCCCCCCCCCCCCCCCCC/C=C\C/C=C\C/C=C\CCCCCCC. The van der Waals surface area contributed by atoms with Crippen molar-refractivity contribution in [2.75, 3.05) is 13.2 Å². The van der Waals surface area contributed by atoms with Crippen molar-refractivity contribution in [1.82, 2.24) is 0 Å². The molecule has 0 aliphatic heterocycles. The van der Waals surface area contributed by atoms with Gasteiger partial charge < -0.3 is 14.2 Å². The van der Waals surface area contributed by atoms with E-state index in [2.05, 4.69) is 118 Å². The highest BCUT2D eigenvalue weighted by molar-refractivity contribution is 5.71. The number of hydrogen-bond acceptors (Lipinski definition) is 6. The Labute approximate surface area is 515 Å². The molecule has 0 saturated carbocycles. The van der Waals surface area contributed by atoms with Crippen molar-refractivity contribution in [1.29, 1.82) is 0 Å². The van der Waals surface area contributed by atoms with Crippen molar-refractivity contribution in [3.63, 3.8) is 0 Å². The molecule has 0 spiro atoms. The maximum absolute atomic E-state index is 12.9. The third kappa shape index (κ3) is 69.0. The minimum Gasteiger partial charge on any atom is -0.462 e. The summed E-state index contributed by atoms with van der Waals surface area (Å²) in [6.07, 6.45) is 95.9. The molecule has 478 valence electrons. The molecule has 0 bridgehead atoms. The number of unbranched alkanes of at least 4 members (excludes halogenated alkanes) is 38. The molecular weight excluding hydrogens is 1020 g/mol. The van der Waals surface area contributed by atoms with Gasteiger partial charge in [-0.15, -0.1) is 0 Å². The Hall–Kier alpha value is -3.67. The van der Waals surface area contributed by atoms with Crippen LogP contribution in [-0.4, -0.2) is 37.2 Å². The van der Waals surface area contributed by atoms with Crippen LogP contribution in [0.2, 0.25) is 0 Å². The minimum atomic E-state index is -0.795. The summed E-state index contributed by atoms with van der Waals surface area (Å²) < 4.78 is 16.9. The van der Waals surface area contributed by atoms with Gasteiger partial charge in [0.25, 0.3) is 0 Å². The zero-order chi connectivity index (χ0) is 59.9. The fourth-order valence-corrected chi connectivity index (χ4v) is 10.2. The largest absolute Gasteiger partial charge is 0.462 e. The number of rotatable bonds is 65. The fraction of sp³-hybridized carbons (Fsp3) is 0.753. The molecule has 0 aromatic rings. The molecule has 0 aliphatic carbocycles.